The molecule has 0 bridgehead atoms. The summed E-state index contributed by atoms with van der Waals surface area (Å²) in [6, 6.07) is 7.57. The van der Waals surface area contributed by atoms with Gasteiger partial charge in [0, 0.05) is 32.6 Å². The van der Waals surface area contributed by atoms with Crippen LogP contribution in [0.5, 0.6) is 5.75 Å². The summed E-state index contributed by atoms with van der Waals surface area (Å²) >= 11 is 0. The highest BCUT2D eigenvalue weighted by molar-refractivity contribution is 5.94. The predicted molar refractivity (Wildman–Crippen MR) is 109 cm³/mol. The number of para-hydroxylation sites is 1. The maximum atomic E-state index is 13.9. The van der Waals surface area contributed by atoms with Crippen molar-refractivity contribution in [3.05, 3.63) is 64.5 Å². The molecule has 0 unspecified atom stereocenters. The van der Waals surface area contributed by atoms with Crippen molar-refractivity contribution in [1.29, 1.82) is 0 Å². The van der Waals surface area contributed by atoms with Gasteiger partial charge in [-0.15, -0.1) is 0 Å². The molecule has 1 aliphatic heterocycles. The fourth-order valence-electron chi connectivity index (χ4n) is 3.60. The van der Waals surface area contributed by atoms with Gasteiger partial charge in [0.1, 0.15) is 5.75 Å². The number of hydrogen-bond donors (Lipinski definition) is 0. The molecule has 1 fully saturated rings. The standard InChI is InChI=1S/C23H25F3N2O3/c1-15-5-3-6-16(2)22(15)31-14-4-7-19(29)27-10-12-28(13-11-27)23(30)17-8-9-18(24)21(26)20(17)25/h3,5-6,8-9H,4,7,10-14H2,1-2H3. The zero-order valence-electron chi connectivity index (χ0n) is 17.6. The van der Waals surface area contributed by atoms with Gasteiger partial charge in [-0.25, -0.2) is 13.2 Å². The highest BCUT2D eigenvalue weighted by Crippen LogP contribution is 2.22. The molecular weight excluding hydrogens is 409 g/mol. The van der Waals surface area contributed by atoms with Crippen LogP contribution in [0, 0.1) is 31.3 Å². The molecule has 0 atom stereocenters. The first-order valence-electron chi connectivity index (χ1n) is 10.2. The van der Waals surface area contributed by atoms with E-state index in [0.717, 1.165) is 29.0 Å². The number of halogens is 3. The van der Waals surface area contributed by atoms with Gasteiger partial charge in [0.25, 0.3) is 5.91 Å². The Bertz CT molecular complexity index is 953. The molecule has 8 heteroatoms. The van der Waals surface area contributed by atoms with Gasteiger partial charge in [0.05, 0.1) is 12.2 Å². The molecule has 0 aromatic heterocycles. The van der Waals surface area contributed by atoms with Crippen molar-refractivity contribution < 1.29 is 27.5 Å². The predicted octanol–water partition coefficient (Wildman–Crippen LogP) is 3.86. The van der Waals surface area contributed by atoms with Crippen molar-refractivity contribution in [2.45, 2.75) is 26.7 Å². The second-order valence-corrected chi connectivity index (χ2v) is 7.57. The second kappa shape index (κ2) is 9.85. The van der Waals surface area contributed by atoms with Crippen LogP contribution >= 0.6 is 0 Å². The third-order valence-corrected chi connectivity index (χ3v) is 5.38. The molecule has 1 heterocycles. The smallest absolute Gasteiger partial charge is 0.257 e. The molecule has 2 aromatic carbocycles. The largest absolute Gasteiger partial charge is 0.493 e. The summed E-state index contributed by atoms with van der Waals surface area (Å²) in [5, 5.41) is 0. The van der Waals surface area contributed by atoms with Gasteiger partial charge >= 0.3 is 0 Å². The Labute approximate surface area is 179 Å². The first-order valence-corrected chi connectivity index (χ1v) is 10.2. The van der Waals surface area contributed by atoms with Gasteiger partial charge in [-0.1, -0.05) is 18.2 Å². The Morgan fingerprint density at radius 2 is 1.52 bits per heavy atom. The zero-order chi connectivity index (χ0) is 22.5. The zero-order valence-corrected chi connectivity index (χ0v) is 17.6. The van der Waals surface area contributed by atoms with Crippen LogP contribution in [0.3, 0.4) is 0 Å². The van der Waals surface area contributed by atoms with E-state index in [0.29, 0.717) is 32.5 Å². The highest BCUT2D eigenvalue weighted by atomic mass is 19.2. The molecule has 5 nitrogen and oxygen atoms in total. The Kier molecular flexibility index (Phi) is 7.20. The summed E-state index contributed by atoms with van der Waals surface area (Å²) < 4.78 is 46.2. The van der Waals surface area contributed by atoms with Crippen molar-refractivity contribution in [3.63, 3.8) is 0 Å². The molecule has 2 amide bonds. The van der Waals surface area contributed by atoms with Crippen molar-refractivity contribution in [1.82, 2.24) is 9.80 Å². The average molecular weight is 434 g/mol. The van der Waals surface area contributed by atoms with Gasteiger partial charge in [0.2, 0.25) is 5.91 Å². The SMILES string of the molecule is Cc1cccc(C)c1OCCCC(=O)N1CCN(C(=O)c2ccc(F)c(F)c2F)CC1. The lowest BCUT2D eigenvalue weighted by Crippen LogP contribution is -2.50. The number of carbonyl (C=O) groups excluding carboxylic acids is 2. The van der Waals surface area contributed by atoms with Crippen LogP contribution in [0.15, 0.2) is 30.3 Å². The van der Waals surface area contributed by atoms with Crippen molar-refractivity contribution in [2.24, 2.45) is 0 Å². The van der Waals surface area contributed by atoms with Gasteiger partial charge in [0.15, 0.2) is 17.5 Å². The van der Waals surface area contributed by atoms with E-state index in [4.69, 9.17) is 4.74 Å². The number of hydrogen-bond acceptors (Lipinski definition) is 3. The summed E-state index contributed by atoms with van der Waals surface area (Å²) in [5.74, 6) is -4.42. The summed E-state index contributed by atoms with van der Waals surface area (Å²) in [4.78, 5) is 27.9. The molecule has 2 aromatic rings. The minimum absolute atomic E-state index is 0.0452. The summed E-state index contributed by atoms with van der Waals surface area (Å²) in [6.45, 7) is 5.36. The van der Waals surface area contributed by atoms with Crippen molar-refractivity contribution in [3.8, 4) is 5.75 Å². The van der Waals surface area contributed by atoms with E-state index in [1.807, 2.05) is 32.0 Å². The lowest BCUT2D eigenvalue weighted by molar-refractivity contribution is -0.132. The number of nitrogens with zero attached hydrogens (tertiary/aromatic N) is 2. The number of amides is 2. The molecule has 0 spiro atoms. The average Bonchev–Trinajstić information content (AvgIpc) is 2.76. The van der Waals surface area contributed by atoms with Crippen molar-refractivity contribution in [2.75, 3.05) is 32.8 Å². The number of ether oxygens (including phenoxy) is 1. The molecule has 3 rings (SSSR count). The molecule has 166 valence electrons. The van der Waals surface area contributed by atoms with Crippen LogP contribution in [0.4, 0.5) is 13.2 Å². The van der Waals surface area contributed by atoms with E-state index < -0.39 is 28.9 Å². The fraction of sp³-hybridized carbons (Fsp3) is 0.391. The Morgan fingerprint density at radius 1 is 0.903 bits per heavy atom. The van der Waals surface area contributed by atoms with E-state index in [9.17, 15) is 22.8 Å². The van der Waals surface area contributed by atoms with Crippen LogP contribution in [-0.4, -0.2) is 54.4 Å². The second-order valence-electron chi connectivity index (χ2n) is 7.57. The summed E-state index contributed by atoms with van der Waals surface area (Å²) in [5.41, 5.74) is 1.58. The summed E-state index contributed by atoms with van der Waals surface area (Å²) in [7, 11) is 0. The molecule has 0 radical (unpaired) electrons. The molecule has 0 N–H and O–H groups in total. The van der Waals surface area contributed by atoms with Gasteiger partial charge in [-0.3, -0.25) is 9.59 Å². The summed E-state index contributed by atoms with van der Waals surface area (Å²) in [6.07, 6.45) is 0.877. The maximum Gasteiger partial charge on any atom is 0.257 e. The fourth-order valence-corrected chi connectivity index (χ4v) is 3.60. The topological polar surface area (TPSA) is 49.9 Å². The minimum Gasteiger partial charge on any atom is -0.493 e. The van der Waals surface area contributed by atoms with Crippen molar-refractivity contribution >= 4 is 11.8 Å². The van der Waals surface area contributed by atoms with Crippen LogP contribution in [-0.2, 0) is 4.79 Å². The van der Waals surface area contributed by atoms with Crippen LogP contribution in [0.25, 0.3) is 0 Å². The van der Waals surface area contributed by atoms with E-state index >= 15 is 0 Å². The number of benzene rings is 2. The quantitative estimate of drug-likeness (QED) is 0.513. The maximum absolute atomic E-state index is 13.9. The first-order chi connectivity index (χ1) is 14.8. The Morgan fingerprint density at radius 3 is 2.16 bits per heavy atom. The highest BCUT2D eigenvalue weighted by Gasteiger charge is 2.27. The molecular formula is C23H25F3N2O3. The number of aryl methyl sites for hydroxylation is 2. The third-order valence-electron chi connectivity index (χ3n) is 5.38. The van der Waals surface area contributed by atoms with Crippen LogP contribution in [0.1, 0.15) is 34.3 Å². The monoisotopic (exact) mass is 434 g/mol. The normalized spacial score (nSPS) is 14.0. The van der Waals surface area contributed by atoms with E-state index in [-0.39, 0.29) is 19.0 Å². The number of carbonyl (C=O) groups is 2. The molecule has 0 saturated carbocycles. The third kappa shape index (κ3) is 5.18. The number of rotatable bonds is 6. The van der Waals surface area contributed by atoms with E-state index in [2.05, 4.69) is 0 Å². The Hall–Kier alpha value is -3.03. The molecule has 31 heavy (non-hydrogen) atoms. The number of piperazine rings is 1. The molecule has 0 aliphatic carbocycles. The minimum atomic E-state index is -1.66. The van der Waals surface area contributed by atoms with E-state index in [1.165, 1.54) is 4.90 Å². The first kappa shape index (κ1) is 22.7. The Balaban J connectivity index is 1.45. The molecule has 1 saturated heterocycles. The van der Waals surface area contributed by atoms with Gasteiger partial charge < -0.3 is 14.5 Å². The molecule has 1 aliphatic rings. The van der Waals surface area contributed by atoms with Crippen LogP contribution < -0.4 is 4.74 Å². The van der Waals surface area contributed by atoms with Crippen LogP contribution in [0.2, 0.25) is 0 Å². The van der Waals surface area contributed by atoms with Gasteiger partial charge in [-0.05, 0) is 43.5 Å². The van der Waals surface area contributed by atoms with Gasteiger partial charge in [-0.2, -0.15) is 0 Å². The lowest BCUT2D eigenvalue weighted by Gasteiger charge is -2.35. The lowest BCUT2D eigenvalue weighted by atomic mass is 10.1. The van der Waals surface area contributed by atoms with E-state index in [1.54, 1.807) is 4.90 Å².